The van der Waals surface area contributed by atoms with Crippen LogP contribution in [0.15, 0.2) is 53.5 Å². The third kappa shape index (κ3) is 3.28. The number of hydrogen-bond donors (Lipinski definition) is 1. The summed E-state index contributed by atoms with van der Waals surface area (Å²) in [5.41, 5.74) is 2.97. The second-order valence-corrected chi connectivity index (χ2v) is 7.11. The van der Waals surface area contributed by atoms with E-state index >= 15 is 0 Å². The molecule has 0 saturated carbocycles. The lowest BCUT2D eigenvalue weighted by atomic mass is 10.1. The van der Waals surface area contributed by atoms with Gasteiger partial charge in [0.25, 0.3) is 5.56 Å². The Bertz CT molecular complexity index is 1350. The number of ether oxygens (including phenoxy) is 1. The Morgan fingerprint density at radius 1 is 1.20 bits per heavy atom. The molecule has 2 aromatic heterocycles. The molecule has 0 aliphatic rings. The number of esters is 1. The molecule has 30 heavy (non-hydrogen) atoms. The molecule has 0 aliphatic heterocycles. The predicted molar refractivity (Wildman–Crippen MR) is 114 cm³/mol. The van der Waals surface area contributed by atoms with Crippen molar-refractivity contribution in [1.82, 2.24) is 14.5 Å². The largest absolute Gasteiger partial charge is 0.451 e. The van der Waals surface area contributed by atoms with Gasteiger partial charge in [0, 0.05) is 29.2 Å². The van der Waals surface area contributed by atoms with Crippen LogP contribution in [0.2, 0.25) is 0 Å². The van der Waals surface area contributed by atoms with Gasteiger partial charge in [-0.15, -0.1) is 0 Å². The van der Waals surface area contributed by atoms with Crippen molar-refractivity contribution in [2.75, 3.05) is 0 Å². The van der Waals surface area contributed by atoms with Crippen molar-refractivity contribution >= 4 is 33.7 Å². The van der Waals surface area contributed by atoms with E-state index in [0.29, 0.717) is 28.8 Å². The summed E-state index contributed by atoms with van der Waals surface area (Å²) in [7, 11) is 0. The summed E-state index contributed by atoms with van der Waals surface area (Å²) in [4.78, 5) is 45.1. The third-order valence-electron chi connectivity index (χ3n) is 5.17. The lowest BCUT2D eigenvalue weighted by molar-refractivity contribution is 0.0319. The number of benzene rings is 2. The van der Waals surface area contributed by atoms with E-state index in [1.165, 1.54) is 0 Å². The van der Waals surface area contributed by atoms with Crippen LogP contribution in [0.4, 0.5) is 0 Å². The number of H-pyrrole nitrogens is 1. The van der Waals surface area contributed by atoms with Crippen molar-refractivity contribution in [1.29, 1.82) is 0 Å². The molecule has 1 atom stereocenters. The van der Waals surface area contributed by atoms with Crippen LogP contribution in [0.5, 0.6) is 0 Å². The first-order valence-electron chi connectivity index (χ1n) is 9.73. The number of fused-ring (bicyclic) bond motifs is 2. The number of ketones is 1. The van der Waals surface area contributed by atoms with Crippen LogP contribution >= 0.6 is 0 Å². The second kappa shape index (κ2) is 7.59. The van der Waals surface area contributed by atoms with Gasteiger partial charge >= 0.3 is 5.97 Å². The Hall–Kier alpha value is -3.74. The molecule has 7 nitrogen and oxygen atoms in total. The number of nitrogens with one attached hydrogen (secondary N) is 1. The van der Waals surface area contributed by atoms with Gasteiger partial charge in [0.15, 0.2) is 6.10 Å². The molecule has 4 rings (SSSR count). The van der Waals surface area contributed by atoms with Crippen molar-refractivity contribution in [3.63, 3.8) is 0 Å². The van der Waals surface area contributed by atoms with Crippen LogP contribution in [-0.2, 0) is 11.3 Å². The van der Waals surface area contributed by atoms with E-state index in [2.05, 4.69) is 9.97 Å². The first-order valence-corrected chi connectivity index (χ1v) is 9.73. The van der Waals surface area contributed by atoms with Crippen LogP contribution in [0, 0.1) is 6.92 Å². The van der Waals surface area contributed by atoms with Gasteiger partial charge in [0.2, 0.25) is 5.78 Å². The first kappa shape index (κ1) is 19.6. The number of Topliss-reactive ketones (excluding diaryl/α,β-unsaturated/α-hetero) is 1. The molecule has 0 amide bonds. The highest BCUT2D eigenvalue weighted by atomic mass is 16.5. The monoisotopic (exact) mass is 403 g/mol. The minimum absolute atomic E-state index is 0.154. The number of carbonyl (C=O) groups is 2. The van der Waals surface area contributed by atoms with Crippen LogP contribution in [0.3, 0.4) is 0 Å². The summed E-state index contributed by atoms with van der Waals surface area (Å²) in [5, 5.41) is 0.785. The van der Waals surface area contributed by atoms with E-state index in [9.17, 15) is 14.4 Å². The number of carbonyl (C=O) groups excluding carboxylic acids is 2. The number of nitrogens with zero attached hydrogens (tertiary/aromatic N) is 2. The zero-order chi connectivity index (χ0) is 21.4. The van der Waals surface area contributed by atoms with Crippen molar-refractivity contribution in [3.8, 4) is 0 Å². The maximum Gasteiger partial charge on any atom is 0.338 e. The molecule has 1 N–H and O–H groups in total. The van der Waals surface area contributed by atoms with E-state index < -0.39 is 12.1 Å². The predicted octanol–water partition coefficient (Wildman–Crippen LogP) is 3.63. The molecule has 7 heteroatoms. The Morgan fingerprint density at radius 3 is 2.73 bits per heavy atom. The lowest BCUT2D eigenvalue weighted by Gasteiger charge is -2.13. The fourth-order valence-corrected chi connectivity index (χ4v) is 3.59. The van der Waals surface area contributed by atoms with Gasteiger partial charge in [0.1, 0.15) is 5.69 Å². The molecule has 4 aromatic rings. The molecule has 2 heterocycles. The molecule has 0 saturated heterocycles. The highest BCUT2D eigenvalue weighted by Crippen LogP contribution is 2.21. The van der Waals surface area contributed by atoms with Gasteiger partial charge in [-0.2, -0.15) is 0 Å². The van der Waals surface area contributed by atoms with Crippen LogP contribution in [0.1, 0.15) is 40.3 Å². The first-order chi connectivity index (χ1) is 14.4. The highest BCUT2D eigenvalue weighted by molar-refractivity contribution is 6.10. The second-order valence-electron chi connectivity index (χ2n) is 7.11. The van der Waals surface area contributed by atoms with E-state index in [0.717, 1.165) is 10.9 Å². The fourth-order valence-electron chi connectivity index (χ4n) is 3.59. The number of aryl methyl sites for hydroxylation is 2. The van der Waals surface area contributed by atoms with Crippen LogP contribution < -0.4 is 5.56 Å². The number of rotatable bonds is 5. The number of para-hydroxylation sites is 1. The van der Waals surface area contributed by atoms with Crippen molar-refractivity contribution < 1.29 is 14.3 Å². The van der Waals surface area contributed by atoms with E-state index in [1.807, 2.05) is 31.2 Å². The van der Waals surface area contributed by atoms with Gasteiger partial charge in [-0.3, -0.25) is 9.59 Å². The van der Waals surface area contributed by atoms with E-state index in [1.54, 1.807) is 42.8 Å². The smallest absolute Gasteiger partial charge is 0.338 e. The summed E-state index contributed by atoms with van der Waals surface area (Å²) in [5.74, 6) is -0.901. The molecule has 0 spiro atoms. The maximum atomic E-state index is 12.8. The van der Waals surface area contributed by atoms with Crippen LogP contribution in [-0.4, -0.2) is 32.4 Å². The normalized spacial score (nSPS) is 12.2. The summed E-state index contributed by atoms with van der Waals surface area (Å²) in [6, 6.07) is 12.3. The quantitative estimate of drug-likeness (QED) is 0.406. The standard InChI is InChI=1S/C23H21N3O4/c1-4-26-20-10-9-15(11-19(20)25-13(2)22(26)28)23(29)30-14(3)21(27)17-12-24-18-8-6-5-7-16(17)18/h5-12,14,24H,4H2,1-3H3. The zero-order valence-corrected chi connectivity index (χ0v) is 16.9. The van der Waals surface area contributed by atoms with E-state index in [4.69, 9.17) is 4.74 Å². The minimum atomic E-state index is -0.952. The molecule has 152 valence electrons. The number of hydrogen-bond acceptors (Lipinski definition) is 5. The van der Waals surface area contributed by atoms with Crippen LogP contribution in [0.25, 0.3) is 21.9 Å². The Labute approximate surface area is 172 Å². The Morgan fingerprint density at radius 2 is 1.97 bits per heavy atom. The molecule has 2 aromatic carbocycles. The van der Waals surface area contributed by atoms with Gasteiger partial charge in [-0.05, 0) is 45.0 Å². The fraction of sp³-hybridized carbons (Fsp3) is 0.217. The van der Waals surface area contributed by atoms with E-state index in [-0.39, 0.29) is 16.9 Å². The Kier molecular flexibility index (Phi) is 4.95. The van der Waals surface area contributed by atoms with Crippen molar-refractivity contribution in [2.45, 2.75) is 33.4 Å². The molecule has 1 unspecified atom stereocenters. The van der Waals surface area contributed by atoms with Gasteiger partial charge in [-0.25, -0.2) is 9.78 Å². The SMILES string of the molecule is CCn1c(=O)c(C)nc2cc(C(=O)OC(C)C(=O)c3c[nH]c4ccccc34)ccc21. The molecule has 0 bridgehead atoms. The average Bonchev–Trinajstić information content (AvgIpc) is 3.18. The van der Waals surface area contributed by atoms with Gasteiger partial charge < -0.3 is 14.3 Å². The number of aromatic amines is 1. The maximum absolute atomic E-state index is 12.8. The van der Waals surface area contributed by atoms with Gasteiger partial charge in [0.05, 0.1) is 16.6 Å². The summed E-state index contributed by atoms with van der Waals surface area (Å²) < 4.78 is 7.04. The lowest BCUT2D eigenvalue weighted by Crippen LogP contribution is -2.25. The highest BCUT2D eigenvalue weighted by Gasteiger charge is 2.23. The topological polar surface area (TPSA) is 94.0 Å². The molecule has 0 aliphatic carbocycles. The zero-order valence-electron chi connectivity index (χ0n) is 16.9. The molecule has 0 fully saturated rings. The summed E-state index contributed by atoms with van der Waals surface area (Å²) in [6.45, 7) is 5.57. The third-order valence-corrected chi connectivity index (χ3v) is 5.17. The number of aromatic nitrogens is 3. The van der Waals surface area contributed by atoms with Gasteiger partial charge in [-0.1, -0.05) is 18.2 Å². The Balaban J connectivity index is 1.60. The average molecular weight is 403 g/mol. The van der Waals surface area contributed by atoms with Crippen molar-refractivity contribution in [2.24, 2.45) is 0 Å². The molecule has 0 radical (unpaired) electrons. The summed E-state index contributed by atoms with van der Waals surface area (Å²) >= 11 is 0. The van der Waals surface area contributed by atoms with Crippen molar-refractivity contribution in [3.05, 3.63) is 75.8 Å². The summed E-state index contributed by atoms with van der Waals surface area (Å²) in [6.07, 6.45) is 0.677. The molecular weight excluding hydrogens is 382 g/mol. The molecular formula is C23H21N3O4. The minimum Gasteiger partial charge on any atom is -0.451 e.